The van der Waals surface area contributed by atoms with Crippen LogP contribution in [0.25, 0.3) is 12.2 Å². The highest BCUT2D eigenvalue weighted by Crippen LogP contribution is 2.59. The zero-order valence-electron chi connectivity index (χ0n) is 20.1. The Bertz CT molecular complexity index is 878. The Balaban J connectivity index is 1.72. The Hall–Kier alpha value is -2.08. The number of benzene rings is 2. The number of allylic oxidation sites excluding steroid dienone is 2. The molecule has 2 atom stereocenters. The average molecular weight is 413 g/mol. The number of hydrogen-bond donors (Lipinski definition) is 0. The van der Waals surface area contributed by atoms with Crippen molar-refractivity contribution in [3.63, 3.8) is 0 Å². The normalized spacial score (nSPS) is 19.7. The fourth-order valence-electron chi connectivity index (χ4n) is 6.29. The van der Waals surface area contributed by atoms with Crippen LogP contribution in [-0.2, 0) is 0 Å². The molecule has 0 fully saturated rings. The molecule has 0 amide bonds. The van der Waals surface area contributed by atoms with Crippen molar-refractivity contribution in [2.45, 2.75) is 90.9 Å². The van der Waals surface area contributed by atoms with E-state index >= 15 is 0 Å². The van der Waals surface area contributed by atoms with E-state index in [1.165, 1.54) is 62.5 Å². The molecule has 4 rings (SSSR count). The summed E-state index contributed by atoms with van der Waals surface area (Å²) >= 11 is 0. The molecule has 2 aromatic carbocycles. The van der Waals surface area contributed by atoms with Gasteiger partial charge in [0.1, 0.15) is 0 Å². The van der Waals surface area contributed by atoms with Crippen LogP contribution < -0.4 is 0 Å². The summed E-state index contributed by atoms with van der Waals surface area (Å²) in [6.07, 6.45) is 15.4. The average Bonchev–Trinajstić information content (AvgIpc) is 3.32. The van der Waals surface area contributed by atoms with Gasteiger partial charge in [0.25, 0.3) is 0 Å². The summed E-state index contributed by atoms with van der Waals surface area (Å²) in [4.78, 5) is 0. The van der Waals surface area contributed by atoms with Gasteiger partial charge in [-0.05, 0) is 53.4 Å². The van der Waals surface area contributed by atoms with E-state index in [0.717, 1.165) is 0 Å². The maximum Gasteiger partial charge on any atom is 0.0118 e. The maximum atomic E-state index is 2.55. The zero-order valence-corrected chi connectivity index (χ0v) is 20.1. The molecule has 0 saturated carbocycles. The molecule has 0 spiro atoms. The molecule has 0 heteroatoms. The summed E-state index contributed by atoms with van der Waals surface area (Å²) in [5.41, 5.74) is 9.49. The van der Waals surface area contributed by atoms with Crippen LogP contribution in [0.4, 0.5) is 0 Å². The van der Waals surface area contributed by atoms with Gasteiger partial charge in [-0.1, -0.05) is 125 Å². The standard InChI is InChI=1S/C31H40/c1-5-7-9-17-25-21-23-15-11-13-19-27(23)29(25)31(3,4)30-26(18-10-8-6-2)22-24-16-12-14-20-28(24)30/h11-16,19-22,29-30H,5-10,17-18H2,1-4H3. The van der Waals surface area contributed by atoms with E-state index in [2.05, 4.69) is 88.4 Å². The second-order valence-corrected chi connectivity index (χ2v) is 10.3. The first-order chi connectivity index (χ1) is 15.1. The van der Waals surface area contributed by atoms with Crippen LogP contribution in [0.2, 0.25) is 0 Å². The lowest BCUT2D eigenvalue weighted by Gasteiger charge is -2.42. The highest BCUT2D eigenvalue weighted by atomic mass is 14.5. The molecule has 2 unspecified atom stereocenters. The molecule has 0 aliphatic heterocycles. The molecule has 0 N–H and O–H groups in total. The van der Waals surface area contributed by atoms with Crippen molar-refractivity contribution in [2.24, 2.45) is 5.41 Å². The number of unbranched alkanes of at least 4 members (excludes halogenated alkanes) is 4. The molecule has 2 aliphatic rings. The van der Waals surface area contributed by atoms with Crippen LogP contribution in [0.3, 0.4) is 0 Å². The van der Waals surface area contributed by atoms with E-state index in [0.29, 0.717) is 11.8 Å². The third-order valence-corrected chi connectivity index (χ3v) is 7.66. The summed E-state index contributed by atoms with van der Waals surface area (Å²) in [6, 6.07) is 18.3. The van der Waals surface area contributed by atoms with Gasteiger partial charge < -0.3 is 0 Å². The Morgan fingerprint density at radius 2 is 1.03 bits per heavy atom. The molecule has 31 heavy (non-hydrogen) atoms. The highest BCUT2D eigenvalue weighted by Gasteiger charge is 2.46. The Labute approximate surface area is 190 Å². The zero-order chi connectivity index (χ0) is 21.8. The van der Waals surface area contributed by atoms with E-state index < -0.39 is 0 Å². The lowest BCUT2D eigenvalue weighted by Crippen LogP contribution is -2.30. The molecular weight excluding hydrogens is 372 g/mol. The van der Waals surface area contributed by atoms with Gasteiger partial charge in [-0.15, -0.1) is 0 Å². The molecular formula is C31H40. The van der Waals surface area contributed by atoms with Gasteiger partial charge >= 0.3 is 0 Å². The van der Waals surface area contributed by atoms with Crippen molar-refractivity contribution in [3.05, 3.63) is 81.9 Å². The lowest BCUT2D eigenvalue weighted by molar-refractivity contribution is 0.267. The number of hydrogen-bond acceptors (Lipinski definition) is 0. The van der Waals surface area contributed by atoms with E-state index in [1.807, 2.05) is 0 Å². The van der Waals surface area contributed by atoms with E-state index in [4.69, 9.17) is 0 Å². The first-order valence-corrected chi connectivity index (χ1v) is 12.7. The van der Waals surface area contributed by atoms with E-state index in [-0.39, 0.29) is 5.41 Å². The largest absolute Gasteiger partial charge is 0.0654 e. The van der Waals surface area contributed by atoms with Gasteiger partial charge in [-0.2, -0.15) is 0 Å². The van der Waals surface area contributed by atoms with E-state index in [1.54, 1.807) is 22.3 Å². The third-order valence-electron chi connectivity index (χ3n) is 7.66. The molecule has 2 aliphatic carbocycles. The van der Waals surface area contributed by atoms with Crippen LogP contribution in [-0.4, -0.2) is 0 Å². The molecule has 0 heterocycles. The van der Waals surface area contributed by atoms with Crippen LogP contribution >= 0.6 is 0 Å². The minimum Gasteiger partial charge on any atom is -0.0654 e. The van der Waals surface area contributed by atoms with Gasteiger partial charge in [0.2, 0.25) is 0 Å². The van der Waals surface area contributed by atoms with Crippen LogP contribution in [0.1, 0.15) is 113 Å². The van der Waals surface area contributed by atoms with Gasteiger partial charge in [0.05, 0.1) is 0 Å². The van der Waals surface area contributed by atoms with Crippen molar-refractivity contribution in [1.82, 2.24) is 0 Å². The SMILES string of the molecule is CCCCCC1=Cc2ccccc2C1C(C)(C)C1C(CCCCC)=Cc2ccccc21. The Morgan fingerprint density at radius 3 is 1.45 bits per heavy atom. The summed E-state index contributed by atoms with van der Waals surface area (Å²) < 4.78 is 0. The van der Waals surface area contributed by atoms with Gasteiger partial charge in [0.15, 0.2) is 0 Å². The van der Waals surface area contributed by atoms with Gasteiger partial charge in [-0.25, -0.2) is 0 Å². The quantitative estimate of drug-likeness (QED) is 0.341. The Morgan fingerprint density at radius 1 is 0.613 bits per heavy atom. The molecule has 0 aromatic heterocycles. The van der Waals surface area contributed by atoms with Gasteiger partial charge in [0, 0.05) is 11.8 Å². The first-order valence-electron chi connectivity index (χ1n) is 12.7. The molecule has 2 aromatic rings. The second kappa shape index (κ2) is 9.60. The third kappa shape index (κ3) is 4.32. The number of fused-ring (bicyclic) bond motifs is 2. The van der Waals surface area contributed by atoms with E-state index in [9.17, 15) is 0 Å². The topological polar surface area (TPSA) is 0 Å². The maximum absolute atomic E-state index is 2.55. The summed E-state index contributed by atoms with van der Waals surface area (Å²) in [6.45, 7) is 9.71. The number of rotatable bonds is 10. The first kappa shape index (κ1) is 22.1. The Kier molecular flexibility index (Phi) is 6.85. The van der Waals surface area contributed by atoms with Gasteiger partial charge in [-0.3, -0.25) is 0 Å². The lowest BCUT2D eigenvalue weighted by atomic mass is 9.61. The summed E-state index contributed by atoms with van der Waals surface area (Å²) in [5.74, 6) is 1.01. The van der Waals surface area contributed by atoms with Crippen LogP contribution in [0.5, 0.6) is 0 Å². The van der Waals surface area contributed by atoms with Crippen molar-refractivity contribution in [2.75, 3.05) is 0 Å². The predicted molar refractivity (Wildman–Crippen MR) is 136 cm³/mol. The minimum absolute atomic E-state index is 0.148. The van der Waals surface area contributed by atoms with Crippen molar-refractivity contribution < 1.29 is 0 Å². The minimum atomic E-state index is 0.148. The molecule has 0 nitrogen and oxygen atoms in total. The van der Waals surface area contributed by atoms with Crippen LogP contribution in [0, 0.1) is 5.41 Å². The fraction of sp³-hybridized carbons (Fsp3) is 0.484. The second-order valence-electron chi connectivity index (χ2n) is 10.3. The van der Waals surface area contributed by atoms with Crippen LogP contribution in [0.15, 0.2) is 59.7 Å². The fourth-order valence-corrected chi connectivity index (χ4v) is 6.29. The highest BCUT2D eigenvalue weighted by molar-refractivity contribution is 5.70. The molecule has 164 valence electrons. The van der Waals surface area contributed by atoms with Crippen molar-refractivity contribution in [1.29, 1.82) is 0 Å². The smallest absolute Gasteiger partial charge is 0.0118 e. The van der Waals surface area contributed by atoms with Crippen molar-refractivity contribution in [3.8, 4) is 0 Å². The summed E-state index contributed by atoms with van der Waals surface area (Å²) in [5, 5.41) is 0. The van der Waals surface area contributed by atoms with Crippen molar-refractivity contribution >= 4 is 12.2 Å². The molecule has 0 radical (unpaired) electrons. The molecule has 0 saturated heterocycles. The molecule has 0 bridgehead atoms. The summed E-state index contributed by atoms with van der Waals surface area (Å²) in [7, 11) is 0. The predicted octanol–water partition coefficient (Wildman–Crippen LogP) is 9.53. The monoisotopic (exact) mass is 412 g/mol.